The van der Waals surface area contributed by atoms with Gasteiger partial charge in [0.25, 0.3) is 5.91 Å². The molecule has 0 atom stereocenters. The third-order valence-corrected chi connectivity index (χ3v) is 3.72. The van der Waals surface area contributed by atoms with Gasteiger partial charge in [-0.05, 0) is 42.8 Å². The van der Waals surface area contributed by atoms with Gasteiger partial charge in [0.1, 0.15) is 0 Å². The first kappa shape index (κ1) is 17.2. The van der Waals surface area contributed by atoms with Crippen LogP contribution in [0.4, 0.5) is 16.2 Å². The molecule has 0 saturated heterocycles. The first-order valence-corrected chi connectivity index (χ1v) is 8.07. The lowest BCUT2D eigenvalue weighted by Gasteiger charge is -2.06. The highest BCUT2D eigenvalue weighted by Gasteiger charge is 2.08. The van der Waals surface area contributed by atoms with Gasteiger partial charge in [-0.25, -0.2) is 9.48 Å². The Morgan fingerprint density at radius 3 is 2.54 bits per heavy atom. The van der Waals surface area contributed by atoms with Crippen molar-refractivity contribution in [3.05, 3.63) is 72.1 Å². The van der Waals surface area contributed by atoms with Gasteiger partial charge in [0.05, 0.1) is 23.8 Å². The molecule has 7 heteroatoms. The number of nitrogens with one attached hydrogen (secondary N) is 3. The number of aromatic nitrogens is 2. The molecule has 3 aromatic rings. The zero-order chi connectivity index (χ0) is 18.5. The highest BCUT2D eigenvalue weighted by Crippen LogP contribution is 2.15. The highest BCUT2D eigenvalue weighted by atomic mass is 16.2. The van der Waals surface area contributed by atoms with Crippen LogP contribution in [0.2, 0.25) is 0 Å². The van der Waals surface area contributed by atoms with Gasteiger partial charge in [0.2, 0.25) is 0 Å². The normalized spacial score (nSPS) is 10.2. The van der Waals surface area contributed by atoms with Gasteiger partial charge in [0.15, 0.2) is 0 Å². The van der Waals surface area contributed by atoms with E-state index in [0.29, 0.717) is 16.9 Å². The smallest absolute Gasteiger partial charge is 0.323 e. The van der Waals surface area contributed by atoms with Crippen LogP contribution < -0.4 is 16.0 Å². The quantitative estimate of drug-likeness (QED) is 0.676. The van der Waals surface area contributed by atoms with Crippen LogP contribution >= 0.6 is 0 Å². The Morgan fingerprint density at radius 1 is 1.00 bits per heavy atom. The van der Waals surface area contributed by atoms with E-state index < -0.39 is 0 Å². The first-order chi connectivity index (χ1) is 12.5. The summed E-state index contributed by atoms with van der Waals surface area (Å²) >= 11 is 0. The van der Waals surface area contributed by atoms with Gasteiger partial charge in [-0.2, -0.15) is 5.10 Å². The standard InChI is InChI=1S/C19H19N5O2/c1-13-5-3-7-15(9-13)22-19(26)23-16-11-21-24(12-16)17-8-4-6-14(10-17)18(25)20-2/h3-12H,1-2H3,(H,20,25)(H2,22,23,26). The number of nitrogens with zero attached hydrogens (tertiary/aromatic N) is 2. The number of carbonyl (C=O) groups is 2. The Balaban J connectivity index is 1.70. The van der Waals surface area contributed by atoms with Crippen molar-refractivity contribution in [2.24, 2.45) is 0 Å². The van der Waals surface area contributed by atoms with Crippen molar-refractivity contribution in [2.45, 2.75) is 6.92 Å². The number of anilines is 2. The molecule has 0 radical (unpaired) electrons. The summed E-state index contributed by atoms with van der Waals surface area (Å²) in [4.78, 5) is 23.8. The van der Waals surface area contributed by atoms with Crippen molar-refractivity contribution in [1.82, 2.24) is 15.1 Å². The minimum absolute atomic E-state index is 0.171. The van der Waals surface area contributed by atoms with Crippen LogP contribution in [0, 0.1) is 6.92 Å². The van der Waals surface area contributed by atoms with Crippen molar-refractivity contribution in [3.8, 4) is 5.69 Å². The van der Waals surface area contributed by atoms with Gasteiger partial charge in [0, 0.05) is 18.3 Å². The van der Waals surface area contributed by atoms with Crippen LogP contribution in [0.15, 0.2) is 60.9 Å². The molecule has 7 nitrogen and oxygen atoms in total. The molecule has 0 spiro atoms. The Labute approximate surface area is 151 Å². The Morgan fingerprint density at radius 2 is 1.77 bits per heavy atom. The monoisotopic (exact) mass is 349 g/mol. The van der Waals surface area contributed by atoms with Crippen LogP contribution in [0.3, 0.4) is 0 Å². The van der Waals surface area contributed by atoms with Crippen LogP contribution in [0.25, 0.3) is 5.69 Å². The SMILES string of the molecule is CNC(=O)c1cccc(-n2cc(NC(=O)Nc3cccc(C)c3)cn2)c1. The predicted octanol–water partition coefficient (Wildman–Crippen LogP) is 3.18. The number of benzene rings is 2. The summed E-state index contributed by atoms with van der Waals surface area (Å²) in [6.07, 6.45) is 3.22. The van der Waals surface area contributed by atoms with E-state index in [0.717, 1.165) is 11.3 Å². The van der Waals surface area contributed by atoms with E-state index in [2.05, 4.69) is 21.0 Å². The van der Waals surface area contributed by atoms with E-state index in [1.54, 1.807) is 42.3 Å². The molecule has 0 saturated carbocycles. The molecule has 0 bridgehead atoms. The molecular weight excluding hydrogens is 330 g/mol. The molecule has 0 aliphatic rings. The highest BCUT2D eigenvalue weighted by molar-refractivity contribution is 5.99. The summed E-state index contributed by atoms with van der Waals surface area (Å²) < 4.78 is 1.59. The fraction of sp³-hybridized carbons (Fsp3) is 0.105. The lowest BCUT2D eigenvalue weighted by molar-refractivity contribution is 0.0963. The summed E-state index contributed by atoms with van der Waals surface area (Å²) in [5.74, 6) is -0.171. The molecule has 3 rings (SSSR count). The van der Waals surface area contributed by atoms with Gasteiger partial charge in [-0.3, -0.25) is 4.79 Å². The molecule has 1 aromatic heterocycles. The van der Waals surface area contributed by atoms with Crippen LogP contribution in [-0.2, 0) is 0 Å². The third kappa shape index (κ3) is 4.07. The maximum atomic E-state index is 12.1. The van der Waals surface area contributed by atoms with E-state index in [-0.39, 0.29) is 11.9 Å². The molecule has 1 heterocycles. The van der Waals surface area contributed by atoms with E-state index in [9.17, 15) is 9.59 Å². The number of rotatable bonds is 4. The molecule has 132 valence electrons. The van der Waals surface area contributed by atoms with Gasteiger partial charge >= 0.3 is 6.03 Å². The maximum Gasteiger partial charge on any atom is 0.323 e. The molecule has 3 N–H and O–H groups in total. The number of hydrogen-bond acceptors (Lipinski definition) is 3. The minimum atomic E-state index is -0.353. The third-order valence-electron chi connectivity index (χ3n) is 3.72. The van der Waals surface area contributed by atoms with Gasteiger partial charge < -0.3 is 16.0 Å². The zero-order valence-electron chi connectivity index (χ0n) is 14.5. The summed E-state index contributed by atoms with van der Waals surface area (Å²) in [6, 6.07) is 14.2. The van der Waals surface area contributed by atoms with E-state index in [1.807, 2.05) is 37.3 Å². The summed E-state index contributed by atoms with van der Waals surface area (Å²) in [5.41, 5.74) is 3.57. The molecule has 0 aliphatic carbocycles. The number of urea groups is 1. The average molecular weight is 349 g/mol. The Hall–Kier alpha value is -3.61. The maximum absolute atomic E-state index is 12.1. The number of carbonyl (C=O) groups excluding carboxylic acids is 2. The lowest BCUT2D eigenvalue weighted by atomic mass is 10.2. The second-order valence-corrected chi connectivity index (χ2v) is 5.75. The predicted molar refractivity (Wildman–Crippen MR) is 101 cm³/mol. The van der Waals surface area contributed by atoms with E-state index in [4.69, 9.17) is 0 Å². The van der Waals surface area contributed by atoms with Crippen molar-refractivity contribution in [1.29, 1.82) is 0 Å². The van der Waals surface area contributed by atoms with E-state index in [1.165, 1.54) is 0 Å². The Kier molecular flexibility index (Phi) is 4.98. The molecule has 2 aromatic carbocycles. The summed E-state index contributed by atoms with van der Waals surface area (Å²) in [7, 11) is 1.58. The topological polar surface area (TPSA) is 88.0 Å². The van der Waals surface area contributed by atoms with Gasteiger partial charge in [-0.1, -0.05) is 18.2 Å². The molecular formula is C19H19N5O2. The van der Waals surface area contributed by atoms with Crippen LogP contribution in [0.5, 0.6) is 0 Å². The summed E-state index contributed by atoms with van der Waals surface area (Å²) in [6.45, 7) is 1.96. The van der Waals surface area contributed by atoms with Gasteiger partial charge in [-0.15, -0.1) is 0 Å². The van der Waals surface area contributed by atoms with Crippen molar-refractivity contribution in [3.63, 3.8) is 0 Å². The number of amides is 3. The van der Waals surface area contributed by atoms with Crippen LogP contribution in [-0.4, -0.2) is 28.8 Å². The fourth-order valence-corrected chi connectivity index (χ4v) is 2.48. The largest absolute Gasteiger partial charge is 0.355 e. The molecule has 0 unspecified atom stereocenters. The fourth-order valence-electron chi connectivity index (χ4n) is 2.48. The van der Waals surface area contributed by atoms with Crippen molar-refractivity contribution in [2.75, 3.05) is 17.7 Å². The summed E-state index contributed by atoms with van der Waals surface area (Å²) in [5, 5.41) is 12.3. The zero-order valence-corrected chi connectivity index (χ0v) is 14.5. The molecule has 0 aliphatic heterocycles. The molecule has 26 heavy (non-hydrogen) atoms. The molecule has 3 amide bonds. The van der Waals surface area contributed by atoms with E-state index >= 15 is 0 Å². The van der Waals surface area contributed by atoms with Crippen LogP contribution in [0.1, 0.15) is 15.9 Å². The Bertz CT molecular complexity index is 948. The second-order valence-electron chi connectivity index (χ2n) is 5.75. The lowest BCUT2D eigenvalue weighted by Crippen LogP contribution is -2.19. The first-order valence-electron chi connectivity index (χ1n) is 8.07. The second kappa shape index (κ2) is 7.52. The van der Waals surface area contributed by atoms with Crippen molar-refractivity contribution >= 4 is 23.3 Å². The minimum Gasteiger partial charge on any atom is -0.355 e. The van der Waals surface area contributed by atoms with Crippen molar-refractivity contribution < 1.29 is 9.59 Å². The average Bonchev–Trinajstić information content (AvgIpc) is 3.09. The number of hydrogen-bond donors (Lipinski definition) is 3. The molecule has 0 fully saturated rings. The number of aryl methyl sites for hydroxylation is 1.